The van der Waals surface area contributed by atoms with Crippen LogP contribution < -0.4 is 5.32 Å². The molecule has 6 N–H and O–H groups in total. The first-order valence-electron chi connectivity index (χ1n) is 24.9. The fraction of sp³-hybridized carbons (Fsp3) is 0.824. The quantitative estimate of drug-likeness (QED) is 0.0263. The number of rotatable bonds is 41. The number of unbranched alkanes of at least 4 members (excludes halogenated alkanes) is 25. The Morgan fingerprint density at radius 2 is 0.950 bits per heavy atom. The molecule has 60 heavy (non-hydrogen) atoms. The molecule has 0 aromatic carbocycles. The fourth-order valence-electron chi connectivity index (χ4n) is 7.59. The van der Waals surface area contributed by atoms with Gasteiger partial charge in [0.05, 0.1) is 25.4 Å². The minimum absolute atomic E-state index is 0.200. The molecule has 7 atom stereocenters. The molecular weight excluding hydrogens is 755 g/mol. The van der Waals surface area contributed by atoms with E-state index in [0.717, 1.165) is 64.2 Å². The molecule has 1 aliphatic heterocycles. The summed E-state index contributed by atoms with van der Waals surface area (Å²) < 4.78 is 11.2. The van der Waals surface area contributed by atoms with Crippen molar-refractivity contribution in [2.24, 2.45) is 0 Å². The Kier molecular flexibility index (Phi) is 38.5. The molecule has 0 radical (unpaired) electrons. The van der Waals surface area contributed by atoms with Crippen LogP contribution in [-0.4, -0.2) is 87.5 Å². The molecule has 0 spiro atoms. The van der Waals surface area contributed by atoms with Gasteiger partial charge < -0.3 is 40.3 Å². The molecule has 9 heteroatoms. The van der Waals surface area contributed by atoms with Crippen LogP contribution in [0.2, 0.25) is 0 Å². The highest BCUT2D eigenvalue weighted by Gasteiger charge is 2.44. The Balaban J connectivity index is 2.37. The first-order chi connectivity index (χ1) is 29.3. The molecular formula is C51H93NO8. The largest absolute Gasteiger partial charge is 0.394 e. The van der Waals surface area contributed by atoms with Crippen LogP contribution >= 0.6 is 0 Å². The van der Waals surface area contributed by atoms with E-state index in [-0.39, 0.29) is 12.5 Å². The lowest BCUT2D eigenvalue weighted by atomic mass is 9.99. The molecule has 0 aliphatic carbocycles. The smallest absolute Gasteiger partial charge is 0.220 e. The van der Waals surface area contributed by atoms with Gasteiger partial charge in [-0.25, -0.2) is 0 Å². The van der Waals surface area contributed by atoms with Crippen molar-refractivity contribution in [3.63, 3.8) is 0 Å². The predicted molar refractivity (Wildman–Crippen MR) is 249 cm³/mol. The van der Waals surface area contributed by atoms with Gasteiger partial charge in [0, 0.05) is 6.42 Å². The fourth-order valence-corrected chi connectivity index (χ4v) is 7.59. The van der Waals surface area contributed by atoms with Crippen molar-refractivity contribution >= 4 is 5.91 Å². The highest BCUT2D eigenvalue weighted by molar-refractivity contribution is 5.76. The molecule has 1 saturated heterocycles. The summed E-state index contributed by atoms with van der Waals surface area (Å²) in [5.74, 6) is -0.200. The predicted octanol–water partition coefficient (Wildman–Crippen LogP) is 11.0. The zero-order valence-electron chi connectivity index (χ0n) is 38.5. The summed E-state index contributed by atoms with van der Waals surface area (Å²) >= 11 is 0. The normalized spacial score (nSPS) is 20.9. The van der Waals surface area contributed by atoms with E-state index in [1.165, 1.54) is 128 Å². The van der Waals surface area contributed by atoms with Crippen LogP contribution in [0.3, 0.4) is 0 Å². The lowest BCUT2D eigenvalue weighted by molar-refractivity contribution is -0.302. The summed E-state index contributed by atoms with van der Waals surface area (Å²) in [4.78, 5) is 13.0. The minimum Gasteiger partial charge on any atom is -0.394 e. The van der Waals surface area contributed by atoms with Gasteiger partial charge in [0.25, 0.3) is 0 Å². The van der Waals surface area contributed by atoms with Crippen molar-refractivity contribution in [3.05, 3.63) is 48.6 Å². The van der Waals surface area contributed by atoms with E-state index in [0.29, 0.717) is 6.42 Å². The number of nitrogens with one attached hydrogen (secondary N) is 1. The average Bonchev–Trinajstić information content (AvgIpc) is 3.25. The molecule has 0 saturated carbocycles. The standard InChI is InChI=1S/C51H93NO8/c1-3-5-7-9-11-13-15-17-19-21-22-23-24-25-26-28-30-32-34-36-38-40-45(54)44(43-59-51-50(58)49(57)48(56)46(42-53)60-51)52-47(55)41-39-37-35-33-31-29-27-20-18-16-14-12-10-8-6-4-2/h20,24-25,27,30,32,38,40,44-46,48-51,53-54,56-58H,3-19,21-23,26,28-29,31,33-37,39,41-43H2,1-2H3,(H,52,55)/b25-24+,27-20-,32-30+,40-38+. The Hall–Kier alpha value is -1.85. The summed E-state index contributed by atoms with van der Waals surface area (Å²) in [7, 11) is 0. The average molecular weight is 848 g/mol. The SMILES string of the molecule is CCCCCCCCC/C=C\CCCCCCCC(=O)NC(COC1OC(CO)C(O)C(O)C1O)C(O)/C=C/CC/C=C/CC/C=C/CCCCCCCCCCCCC. The Morgan fingerprint density at radius 3 is 1.40 bits per heavy atom. The van der Waals surface area contributed by atoms with Crippen molar-refractivity contribution in [3.8, 4) is 0 Å². The van der Waals surface area contributed by atoms with E-state index >= 15 is 0 Å². The number of allylic oxidation sites excluding steroid dienone is 7. The third-order valence-electron chi connectivity index (χ3n) is 11.6. The van der Waals surface area contributed by atoms with Crippen molar-refractivity contribution in [1.29, 1.82) is 0 Å². The number of carbonyl (C=O) groups is 1. The molecule has 1 rings (SSSR count). The highest BCUT2D eigenvalue weighted by atomic mass is 16.7. The molecule has 0 aromatic rings. The van der Waals surface area contributed by atoms with Crippen LogP contribution in [0, 0.1) is 0 Å². The molecule has 7 unspecified atom stereocenters. The van der Waals surface area contributed by atoms with Crippen molar-refractivity contribution in [1.82, 2.24) is 5.32 Å². The monoisotopic (exact) mass is 848 g/mol. The van der Waals surface area contributed by atoms with Crippen LogP contribution in [0.15, 0.2) is 48.6 Å². The molecule has 1 fully saturated rings. The van der Waals surface area contributed by atoms with E-state index in [1.54, 1.807) is 6.08 Å². The molecule has 1 amide bonds. The zero-order chi connectivity index (χ0) is 43.7. The van der Waals surface area contributed by atoms with Crippen LogP contribution in [0.1, 0.15) is 213 Å². The molecule has 1 aliphatic rings. The lowest BCUT2D eigenvalue weighted by Gasteiger charge is -2.40. The summed E-state index contributed by atoms with van der Waals surface area (Å²) in [5.41, 5.74) is 0. The van der Waals surface area contributed by atoms with E-state index in [4.69, 9.17) is 9.47 Å². The molecule has 1 heterocycles. The van der Waals surface area contributed by atoms with Crippen molar-refractivity contribution in [2.45, 2.75) is 256 Å². The van der Waals surface area contributed by atoms with Gasteiger partial charge in [-0.15, -0.1) is 0 Å². The molecule has 0 aromatic heterocycles. The first kappa shape index (κ1) is 56.2. The number of ether oxygens (including phenoxy) is 2. The second-order valence-electron chi connectivity index (χ2n) is 17.2. The molecule has 350 valence electrons. The number of aliphatic hydroxyl groups excluding tert-OH is 5. The molecule has 9 nitrogen and oxygen atoms in total. The minimum atomic E-state index is -1.58. The number of hydrogen-bond donors (Lipinski definition) is 6. The van der Waals surface area contributed by atoms with Gasteiger partial charge in [0.1, 0.15) is 24.4 Å². The number of carbonyl (C=O) groups excluding carboxylic acids is 1. The van der Waals surface area contributed by atoms with Gasteiger partial charge in [-0.3, -0.25) is 4.79 Å². The Labute approximate surface area is 367 Å². The summed E-state index contributed by atoms with van der Waals surface area (Å²) in [5, 5.41) is 54.2. The third-order valence-corrected chi connectivity index (χ3v) is 11.6. The van der Waals surface area contributed by atoms with E-state index in [1.807, 2.05) is 6.08 Å². The van der Waals surface area contributed by atoms with Gasteiger partial charge in [0.2, 0.25) is 5.91 Å². The highest BCUT2D eigenvalue weighted by Crippen LogP contribution is 2.22. The van der Waals surface area contributed by atoms with Crippen LogP contribution in [0.25, 0.3) is 0 Å². The van der Waals surface area contributed by atoms with E-state index in [9.17, 15) is 30.3 Å². The van der Waals surface area contributed by atoms with Gasteiger partial charge in [-0.05, 0) is 70.6 Å². The van der Waals surface area contributed by atoms with Gasteiger partial charge in [-0.2, -0.15) is 0 Å². The maximum Gasteiger partial charge on any atom is 0.220 e. The third kappa shape index (κ3) is 31.1. The number of aliphatic hydroxyl groups is 5. The second-order valence-corrected chi connectivity index (χ2v) is 17.2. The summed E-state index contributed by atoms with van der Waals surface area (Å²) in [6, 6.07) is -0.832. The number of hydrogen-bond acceptors (Lipinski definition) is 8. The van der Waals surface area contributed by atoms with Crippen molar-refractivity contribution in [2.75, 3.05) is 13.2 Å². The second kappa shape index (κ2) is 41.2. The van der Waals surface area contributed by atoms with Crippen molar-refractivity contribution < 1.29 is 39.8 Å². The first-order valence-corrected chi connectivity index (χ1v) is 24.9. The number of amides is 1. The van der Waals surface area contributed by atoms with Crippen LogP contribution in [-0.2, 0) is 14.3 Å². The van der Waals surface area contributed by atoms with Gasteiger partial charge in [-0.1, -0.05) is 184 Å². The van der Waals surface area contributed by atoms with Gasteiger partial charge >= 0.3 is 0 Å². The summed E-state index contributed by atoms with van der Waals surface area (Å²) in [6.07, 6.45) is 45.9. The van der Waals surface area contributed by atoms with E-state index < -0.39 is 49.5 Å². The van der Waals surface area contributed by atoms with Crippen LogP contribution in [0.5, 0.6) is 0 Å². The maximum absolute atomic E-state index is 13.0. The maximum atomic E-state index is 13.0. The van der Waals surface area contributed by atoms with E-state index in [2.05, 4.69) is 55.6 Å². The zero-order valence-corrected chi connectivity index (χ0v) is 38.5. The lowest BCUT2D eigenvalue weighted by Crippen LogP contribution is -2.60. The topological polar surface area (TPSA) is 149 Å². The Morgan fingerprint density at radius 1 is 0.550 bits per heavy atom. The molecule has 0 bridgehead atoms. The Bertz CT molecular complexity index is 1080. The van der Waals surface area contributed by atoms with Gasteiger partial charge in [0.15, 0.2) is 6.29 Å². The summed E-state index contributed by atoms with van der Waals surface area (Å²) in [6.45, 7) is 3.75. The van der Waals surface area contributed by atoms with Crippen LogP contribution in [0.4, 0.5) is 0 Å².